The van der Waals surface area contributed by atoms with Crippen molar-refractivity contribution < 1.29 is 14.3 Å². The first-order chi connectivity index (χ1) is 14.6. The van der Waals surface area contributed by atoms with Gasteiger partial charge in [-0.1, -0.05) is 18.2 Å². The summed E-state index contributed by atoms with van der Waals surface area (Å²) in [7, 11) is 2.07. The van der Waals surface area contributed by atoms with Crippen LogP contribution in [0.25, 0.3) is 0 Å². The summed E-state index contributed by atoms with van der Waals surface area (Å²) in [6, 6.07) is 10.3. The van der Waals surface area contributed by atoms with E-state index in [1.807, 2.05) is 23.1 Å². The monoisotopic (exact) mass is 417 g/mol. The van der Waals surface area contributed by atoms with E-state index in [9.17, 15) is 9.59 Å². The number of hydrogen-bond donors (Lipinski definition) is 1. The third-order valence-corrected chi connectivity index (χ3v) is 5.74. The number of carbonyl (C=O) groups excluding carboxylic acids is 2. The Morgan fingerprint density at radius 2 is 1.60 bits per heavy atom. The molecule has 3 rings (SSSR count). The van der Waals surface area contributed by atoms with Crippen LogP contribution in [0.1, 0.15) is 6.42 Å². The zero-order valence-corrected chi connectivity index (χ0v) is 18.1. The summed E-state index contributed by atoms with van der Waals surface area (Å²) in [5.41, 5.74) is 1.19. The van der Waals surface area contributed by atoms with Crippen LogP contribution in [0.15, 0.2) is 30.3 Å². The predicted octanol–water partition coefficient (Wildman–Crippen LogP) is 0.106. The second kappa shape index (κ2) is 11.9. The first-order valence-corrected chi connectivity index (χ1v) is 10.9. The standard InChI is InChI=1S/C22H35N5O3/c1-24(20-6-3-2-4-7-20)9-5-8-23-21(28)18-25-10-12-26(13-11-25)19-22(29)27-14-16-30-17-15-27/h2-4,6-7H,5,8-19H2,1H3,(H,23,28). The maximum absolute atomic E-state index is 12.4. The molecule has 0 aromatic heterocycles. The zero-order chi connectivity index (χ0) is 21.2. The lowest BCUT2D eigenvalue weighted by atomic mass is 10.2. The van der Waals surface area contributed by atoms with Crippen LogP contribution in [0, 0.1) is 0 Å². The van der Waals surface area contributed by atoms with Crippen molar-refractivity contribution in [3.05, 3.63) is 30.3 Å². The number of hydrogen-bond acceptors (Lipinski definition) is 6. The largest absolute Gasteiger partial charge is 0.378 e. The molecule has 30 heavy (non-hydrogen) atoms. The van der Waals surface area contributed by atoms with Gasteiger partial charge in [0.15, 0.2) is 0 Å². The minimum Gasteiger partial charge on any atom is -0.378 e. The number of ether oxygens (including phenoxy) is 1. The number of benzene rings is 1. The van der Waals surface area contributed by atoms with Crippen LogP contribution in [-0.4, -0.2) is 112 Å². The van der Waals surface area contributed by atoms with Gasteiger partial charge >= 0.3 is 0 Å². The second-order valence-corrected chi connectivity index (χ2v) is 8.01. The minimum atomic E-state index is 0.0789. The Hall–Kier alpha value is -2.16. The van der Waals surface area contributed by atoms with E-state index in [1.54, 1.807) is 0 Å². The van der Waals surface area contributed by atoms with Crippen molar-refractivity contribution >= 4 is 17.5 Å². The van der Waals surface area contributed by atoms with Gasteiger partial charge in [-0.05, 0) is 18.6 Å². The Morgan fingerprint density at radius 1 is 0.967 bits per heavy atom. The quantitative estimate of drug-likeness (QED) is 0.575. The Kier molecular flexibility index (Phi) is 8.92. The van der Waals surface area contributed by atoms with Gasteiger partial charge in [-0.2, -0.15) is 0 Å². The van der Waals surface area contributed by atoms with Crippen molar-refractivity contribution in [2.75, 3.05) is 90.6 Å². The summed E-state index contributed by atoms with van der Waals surface area (Å²) < 4.78 is 5.30. The van der Waals surface area contributed by atoms with E-state index in [2.05, 4.69) is 39.2 Å². The molecule has 2 aliphatic heterocycles. The number of piperazine rings is 1. The number of nitrogens with one attached hydrogen (secondary N) is 1. The Labute approximate surface area is 179 Å². The van der Waals surface area contributed by atoms with E-state index in [0.29, 0.717) is 45.9 Å². The lowest BCUT2D eigenvalue weighted by Crippen LogP contribution is -2.53. The summed E-state index contributed by atoms with van der Waals surface area (Å²) >= 11 is 0. The van der Waals surface area contributed by atoms with Gasteiger partial charge in [0.25, 0.3) is 0 Å². The molecule has 2 aliphatic rings. The molecule has 1 aromatic carbocycles. The number of morpholine rings is 1. The van der Waals surface area contributed by atoms with Crippen molar-refractivity contribution in [2.24, 2.45) is 0 Å². The highest BCUT2D eigenvalue weighted by molar-refractivity contribution is 5.78. The Bertz CT molecular complexity index is 658. The number of para-hydroxylation sites is 1. The third kappa shape index (κ3) is 7.27. The van der Waals surface area contributed by atoms with Gasteiger partial charge in [0.2, 0.25) is 11.8 Å². The molecule has 166 valence electrons. The fourth-order valence-electron chi connectivity index (χ4n) is 3.82. The summed E-state index contributed by atoms with van der Waals surface area (Å²) in [5, 5.41) is 3.03. The molecule has 1 N–H and O–H groups in total. The van der Waals surface area contributed by atoms with Crippen molar-refractivity contribution in [1.82, 2.24) is 20.0 Å². The van der Waals surface area contributed by atoms with E-state index in [4.69, 9.17) is 4.74 Å². The van der Waals surface area contributed by atoms with E-state index in [1.165, 1.54) is 5.69 Å². The number of rotatable bonds is 9. The normalized spacial score (nSPS) is 18.2. The predicted molar refractivity (Wildman–Crippen MR) is 118 cm³/mol. The molecule has 2 amide bonds. The molecule has 1 aromatic rings. The zero-order valence-electron chi connectivity index (χ0n) is 18.1. The molecule has 0 saturated carbocycles. The lowest BCUT2D eigenvalue weighted by Gasteiger charge is -2.35. The fraction of sp³-hybridized carbons (Fsp3) is 0.636. The fourth-order valence-corrected chi connectivity index (χ4v) is 3.82. The van der Waals surface area contributed by atoms with Gasteiger partial charge in [-0.25, -0.2) is 0 Å². The summed E-state index contributed by atoms with van der Waals surface area (Å²) in [5.74, 6) is 0.264. The highest BCUT2D eigenvalue weighted by Crippen LogP contribution is 2.10. The van der Waals surface area contributed by atoms with Crippen LogP contribution in [0.4, 0.5) is 5.69 Å². The van der Waals surface area contributed by atoms with Crippen LogP contribution in [0.3, 0.4) is 0 Å². The first-order valence-electron chi connectivity index (χ1n) is 10.9. The molecule has 2 fully saturated rings. The van der Waals surface area contributed by atoms with E-state index >= 15 is 0 Å². The molecule has 0 unspecified atom stereocenters. The highest BCUT2D eigenvalue weighted by Gasteiger charge is 2.23. The number of nitrogens with zero attached hydrogens (tertiary/aromatic N) is 4. The Morgan fingerprint density at radius 3 is 2.27 bits per heavy atom. The molecule has 0 bridgehead atoms. The van der Waals surface area contributed by atoms with Gasteiger partial charge in [0.1, 0.15) is 0 Å². The van der Waals surface area contributed by atoms with Crippen molar-refractivity contribution in [1.29, 1.82) is 0 Å². The molecular weight excluding hydrogens is 382 g/mol. The minimum absolute atomic E-state index is 0.0789. The van der Waals surface area contributed by atoms with Gasteiger partial charge < -0.3 is 19.9 Å². The van der Waals surface area contributed by atoms with Crippen LogP contribution in [0.2, 0.25) is 0 Å². The molecule has 8 nitrogen and oxygen atoms in total. The van der Waals surface area contributed by atoms with E-state index in [0.717, 1.165) is 39.1 Å². The molecule has 0 atom stereocenters. The molecule has 2 saturated heterocycles. The third-order valence-electron chi connectivity index (χ3n) is 5.74. The molecule has 0 aliphatic carbocycles. The molecule has 2 heterocycles. The first kappa shape index (κ1) is 22.5. The summed E-state index contributed by atoms with van der Waals surface area (Å²) in [4.78, 5) is 33.0. The SMILES string of the molecule is CN(CCCNC(=O)CN1CCN(CC(=O)N2CCOCC2)CC1)c1ccccc1. The van der Waals surface area contributed by atoms with E-state index in [-0.39, 0.29) is 11.8 Å². The van der Waals surface area contributed by atoms with Gasteiger partial charge in [-0.3, -0.25) is 19.4 Å². The van der Waals surface area contributed by atoms with E-state index < -0.39 is 0 Å². The summed E-state index contributed by atoms with van der Waals surface area (Å²) in [6.45, 7) is 8.44. The maximum Gasteiger partial charge on any atom is 0.236 e. The number of amides is 2. The molecule has 0 spiro atoms. The Balaban J connectivity index is 1.25. The van der Waals surface area contributed by atoms with Crippen LogP contribution >= 0.6 is 0 Å². The smallest absolute Gasteiger partial charge is 0.236 e. The highest BCUT2D eigenvalue weighted by atomic mass is 16.5. The number of anilines is 1. The van der Waals surface area contributed by atoms with Crippen molar-refractivity contribution in [2.45, 2.75) is 6.42 Å². The summed E-state index contributed by atoms with van der Waals surface area (Å²) in [6.07, 6.45) is 0.911. The number of carbonyl (C=O) groups is 2. The van der Waals surface area contributed by atoms with Gasteiger partial charge in [0, 0.05) is 65.1 Å². The average molecular weight is 418 g/mol. The van der Waals surface area contributed by atoms with Crippen LogP contribution in [0.5, 0.6) is 0 Å². The topological polar surface area (TPSA) is 68.4 Å². The van der Waals surface area contributed by atoms with Crippen LogP contribution in [-0.2, 0) is 14.3 Å². The molecule has 0 radical (unpaired) electrons. The molecular formula is C22H35N5O3. The maximum atomic E-state index is 12.4. The lowest BCUT2D eigenvalue weighted by molar-refractivity contribution is -0.137. The van der Waals surface area contributed by atoms with Crippen LogP contribution < -0.4 is 10.2 Å². The van der Waals surface area contributed by atoms with Gasteiger partial charge in [-0.15, -0.1) is 0 Å². The average Bonchev–Trinajstić information content (AvgIpc) is 2.79. The van der Waals surface area contributed by atoms with Crippen molar-refractivity contribution in [3.63, 3.8) is 0 Å². The molecule has 8 heteroatoms. The van der Waals surface area contributed by atoms with Crippen molar-refractivity contribution in [3.8, 4) is 0 Å². The van der Waals surface area contributed by atoms with Gasteiger partial charge in [0.05, 0.1) is 26.3 Å². The second-order valence-electron chi connectivity index (χ2n) is 8.01.